The van der Waals surface area contributed by atoms with Gasteiger partial charge in [0.2, 0.25) is 0 Å². The van der Waals surface area contributed by atoms with Gasteiger partial charge in [-0.3, -0.25) is 0 Å². The van der Waals surface area contributed by atoms with Crippen LogP contribution in [0.3, 0.4) is 0 Å². The zero-order valence-corrected chi connectivity index (χ0v) is 12.6. The normalized spacial score (nSPS) is 12.9. The van der Waals surface area contributed by atoms with E-state index in [1.54, 1.807) is 0 Å². The quantitative estimate of drug-likeness (QED) is 0.344. The number of rotatable bonds is 13. The van der Waals surface area contributed by atoms with Crippen LogP contribution in [0.5, 0.6) is 0 Å². The SMILES string of the molecule is CCCCCCCCOP(OCC)OCCC. The van der Waals surface area contributed by atoms with E-state index in [0.717, 1.165) is 26.1 Å². The van der Waals surface area contributed by atoms with Gasteiger partial charge in [0.15, 0.2) is 0 Å². The first-order valence-electron chi connectivity index (χ1n) is 7.04. The average molecular weight is 264 g/mol. The van der Waals surface area contributed by atoms with Gasteiger partial charge in [-0.25, -0.2) is 0 Å². The van der Waals surface area contributed by atoms with Crippen molar-refractivity contribution in [1.29, 1.82) is 0 Å². The average Bonchev–Trinajstić information content (AvgIpc) is 2.34. The second kappa shape index (κ2) is 14.4. The Morgan fingerprint density at radius 3 is 1.94 bits per heavy atom. The van der Waals surface area contributed by atoms with Gasteiger partial charge in [0.25, 0.3) is 0 Å². The zero-order chi connectivity index (χ0) is 12.8. The second-order valence-electron chi connectivity index (χ2n) is 4.08. The molecule has 104 valence electrons. The molecule has 1 atom stereocenters. The summed E-state index contributed by atoms with van der Waals surface area (Å²) in [5.74, 6) is 0. The summed E-state index contributed by atoms with van der Waals surface area (Å²) in [5.41, 5.74) is 0. The van der Waals surface area contributed by atoms with Crippen molar-refractivity contribution in [3.8, 4) is 0 Å². The molecule has 0 radical (unpaired) electrons. The van der Waals surface area contributed by atoms with Crippen LogP contribution in [0, 0.1) is 0 Å². The summed E-state index contributed by atoms with van der Waals surface area (Å²) in [6, 6.07) is 0. The molecular weight excluding hydrogens is 235 g/mol. The van der Waals surface area contributed by atoms with Crippen molar-refractivity contribution in [2.75, 3.05) is 19.8 Å². The lowest BCUT2D eigenvalue weighted by molar-refractivity contribution is 0.163. The predicted molar refractivity (Wildman–Crippen MR) is 74.1 cm³/mol. The van der Waals surface area contributed by atoms with E-state index in [1.807, 2.05) is 6.92 Å². The van der Waals surface area contributed by atoms with Gasteiger partial charge in [0.1, 0.15) is 0 Å². The molecule has 0 saturated heterocycles. The van der Waals surface area contributed by atoms with E-state index in [0.29, 0.717) is 6.61 Å². The molecule has 0 bridgehead atoms. The van der Waals surface area contributed by atoms with Gasteiger partial charge in [-0.2, -0.15) is 0 Å². The molecular formula is C13H29O3P. The van der Waals surface area contributed by atoms with Gasteiger partial charge >= 0.3 is 8.60 Å². The summed E-state index contributed by atoms with van der Waals surface area (Å²) in [7, 11) is -1.09. The minimum atomic E-state index is -1.09. The highest BCUT2D eigenvalue weighted by Gasteiger charge is 2.10. The molecule has 0 saturated carbocycles. The molecule has 17 heavy (non-hydrogen) atoms. The van der Waals surface area contributed by atoms with E-state index in [4.69, 9.17) is 13.6 Å². The maximum Gasteiger partial charge on any atom is 0.332 e. The van der Waals surface area contributed by atoms with E-state index in [1.165, 1.54) is 32.1 Å². The van der Waals surface area contributed by atoms with Gasteiger partial charge in [-0.1, -0.05) is 46.0 Å². The Hall–Kier alpha value is 0.310. The number of hydrogen-bond donors (Lipinski definition) is 0. The van der Waals surface area contributed by atoms with Crippen LogP contribution < -0.4 is 0 Å². The first-order valence-corrected chi connectivity index (χ1v) is 8.13. The maximum atomic E-state index is 5.61. The van der Waals surface area contributed by atoms with Crippen LogP contribution in [-0.4, -0.2) is 19.8 Å². The van der Waals surface area contributed by atoms with Crippen LogP contribution >= 0.6 is 8.60 Å². The van der Waals surface area contributed by atoms with Crippen molar-refractivity contribution >= 4 is 8.60 Å². The Morgan fingerprint density at radius 1 is 0.647 bits per heavy atom. The molecule has 0 aromatic rings. The minimum Gasteiger partial charge on any atom is -0.313 e. The standard InChI is InChI=1S/C13H29O3P/c1-4-7-8-9-10-11-13-16-17(14-6-3)15-12-5-2/h4-13H2,1-3H3. The molecule has 0 aliphatic carbocycles. The summed E-state index contributed by atoms with van der Waals surface area (Å²) >= 11 is 0. The molecule has 0 fully saturated rings. The fourth-order valence-electron chi connectivity index (χ4n) is 1.40. The topological polar surface area (TPSA) is 27.7 Å². The molecule has 0 aromatic carbocycles. The van der Waals surface area contributed by atoms with E-state index in [9.17, 15) is 0 Å². The van der Waals surface area contributed by atoms with Gasteiger partial charge in [-0.05, 0) is 19.8 Å². The maximum absolute atomic E-state index is 5.61. The molecule has 0 N–H and O–H groups in total. The molecule has 1 unspecified atom stereocenters. The molecule has 0 rings (SSSR count). The Morgan fingerprint density at radius 2 is 1.29 bits per heavy atom. The smallest absolute Gasteiger partial charge is 0.313 e. The fraction of sp³-hybridized carbons (Fsp3) is 1.00. The summed E-state index contributed by atoms with van der Waals surface area (Å²) in [4.78, 5) is 0. The van der Waals surface area contributed by atoms with Gasteiger partial charge < -0.3 is 13.6 Å². The highest BCUT2D eigenvalue weighted by molar-refractivity contribution is 7.41. The second-order valence-corrected chi connectivity index (χ2v) is 5.30. The first kappa shape index (κ1) is 17.3. The minimum absolute atomic E-state index is 0.659. The van der Waals surface area contributed by atoms with Crippen molar-refractivity contribution in [2.45, 2.75) is 65.7 Å². The summed E-state index contributed by atoms with van der Waals surface area (Å²) in [6.07, 6.45) is 8.70. The van der Waals surface area contributed by atoms with E-state index in [2.05, 4.69) is 13.8 Å². The third-order valence-corrected chi connectivity index (χ3v) is 3.59. The molecule has 0 aromatic heterocycles. The van der Waals surface area contributed by atoms with Gasteiger partial charge in [-0.15, -0.1) is 0 Å². The van der Waals surface area contributed by atoms with Crippen LogP contribution in [0.25, 0.3) is 0 Å². The molecule has 3 nitrogen and oxygen atoms in total. The summed E-state index contributed by atoms with van der Waals surface area (Å²) in [6.45, 7) is 8.45. The van der Waals surface area contributed by atoms with Crippen molar-refractivity contribution in [2.24, 2.45) is 0 Å². The van der Waals surface area contributed by atoms with Crippen LogP contribution in [-0.2, 0) is 13.6 Å². The molecule has 4 heteroatoms. The van der Waals surface area contributed by atoms with Crippen molar-refractivity contribution in [3.63, 3.8) is 0 Å². The van der Waals surface area contributed by atoms with Gasteiger partial charge in [0, 0.05) is 0 Å². The van der Waals surface area contributed by atoms with Crippen LogP contribution in [0.2, 0.25) is 0 Å². The van der Waals surface area contributed by atoms with Gasteiger partial charge in [0.05, 0.1) is 19.8 Å². The number of unbranched alkanes of at least 4 members (excludes halogenated alkanes) is 5. The third kappa shape index (κ3) is 12.6. The van der Waals surface area contributed by atoms with Crippen LogP contribution in [0.1, 0.15) is 65.7 Å². The van der Waals surface area contributed by atoms with E-state index < -0.39 is 8.60 Å². The van der Waals surface area contributed by atoms with Crippen LogP contribution in [0.4, 0.5) is 0 Å². The van der Waals surface area contributed by atoms with Crippen LogP contribution in [0.15, 0.2) is 0 Å². The molecule has 0 aliphatic heterocycles. The lowest BCUT2D eigenvalue weighted by Gasteiger charge is -2.15. The van der Waals surface area contributed by atoms with Crippen molar-refractivity contribution in [3.05, 3.63) is 0 Å². The Labute approximate surface area is 108 Å². The number of hydrogen-bond acceptors (Lipinski definition) is 3. The van der Waals surface area contributed by atoms with Crippen molar-refractivity contribution < 1.29 is 13.6 Å². The van der Waals surface area contributed by atoms with E-state index >= 15 is 0 Å². The highest BCUT2D eigenvalue weighted by Crippen LogP contribution is 2.39. The predicted octanol–water partition coefficient (Wildman–Crippen LogP) is 5.05. The Kier molecular flexibility index (Phi) is 14.6. The Bertz CT molecular complexity index is 145. The third-order valence-electron chi connectivity index (χ3n) is 2.33. The van der Waals surface area contributed by atoms with E-state index in [-0.39, 0.29) is 0 Å². The summed E-state index contributed by atoms with van der Waals surface area (Å²) in [5, 5.41) is 0. The highest BCUT2D eigenvalue weighted by atomic mass is 31.2. The zero-order valence-electron chi connectivity index (χ0n) is 11.7. The monoisotopic (exact) mass is 264 g/mol. The Balaban J connectivity index is 3.34. The first-order chi connectivity index (χ1) is 8.35. The van der Waals surface area contributed by atoms with Crippen molar-refractivity contribution in [1.82, 2.24) is 0 Å². The molecule has 0 amide bonds. The molecule has 0 heterocycles. The molecule has 0 spiro atoms. The summed E-state index contributed by atoms with van der Waals surface area (Å²) < 4.78 is 16.5. The molecule has 0 aliphatic rings. The fourth-order valence-corrected chi connectivity index (χ4v) is 2.45. The largest absolute Gasteiger partial charge is 0.332 e. The lowest BCUT2D eigenvalue weighted by atomic mass is 10.1. The lowest BCUT2D eigenvalue weighted by Crippen LogP contribution is -1.98.